The quantitative estimate of drug-likeness (QED) is 0.734. The Balaban J connectivity index is 1.59. The Morgan fingerprint density at radius 1 is 1.06 bits per heavy atom. The summed E-state index contributed by atoms with van der Waals surface area (Å²) in [5.74, 6) is -1.19. The molecule has 0 bridgehead atoms. The first-order valence-electron chi connectivity index (χ1n) is 6.64. The second kappa shape index (κ2) is 3.47. The summed E-state index contributed by atoms with van der Waals surface area (Å²) >= 11 is 0. The lowest BCUT2D eigenvalue weighted by molar-refractivity contribution is -0.149. The molecule has 0 aromatic rings. The maximum Gasteiger partial charge on any atom is 0.319 e. The van der Waals surface area contributed by atoms with Crippen LogP contribution in [0.4, 0.5) is 0 Å². The lowest BCUT2D eigenvalue weighted by atomic mass is 9.85. The van der Waals surface area contributed by atoms with Crippen LogP contribution in [-0.4, -0.2) is 23.0 Å². The van der Waals surface area contributed by atoms with Crippen LogP contribution in [0.3, 0.4) is 0 Å². The summed E-state index contributed by atoms with van der Waals surface area (Å²) in [5.41, 5.74) is -0.735. The van der Waals surface area contributed by atoms with Gasteiger partial charge in [-0.15, -0.1) is 0 Å². The monoisotopic (exact) mass is 237 g/mol. The minimum atomic E-state index is -1.07. The standard InChI is InChI=1S/C13H19NO3/c15-10(13(6-7-13)11(16)17)14-9-8-12(9)4-2-1-3-5-12/h9H,1-8H2,(H,14,15)(H,16,17). The molecular formula is C13H19NO3. The average Bonchev–Trinajstić information content (AvgIpc) is 3.18. The fraction of sp³-hybridized carbons (Fsp3) is 0.846. The van der Waals surface area contributed by atoms with Gasteiger partial charge in [0.2, 0.25) is 5.91 Å². The summed E-state index contributed by atoms with van der Waals surface area (Å²) in [5, 5.41) is 12.0. The Morgan fingerprint density at radius 2 is 1.71 bits per heavy atom. The highest BCUT2D eigenvalue weighted by molar-refractivity contribution is 6.05. The van der Waals surface area contributed by atoms with E-state index < -0.39 is 11.4 Å². The topological polar surface area (TPSA) is 66.4 Å². The molecule has 3 aliphatic rings. The molecule has 1 atom stereocenters. The van der Waals surface area contributed by atoms with Gasteiger partial charge in [-0.05, 0) is 37.5 Å². The first-order valence-corrected chi connectivity index (χ1v) is 6.64. The number of hydrogen-bond donors (Lipinski definition) is 2. The van der Waals surface area contributed by atoms with Crippen molar-refractivity contribution in [3.63, 3.8) is 0 Å². The third kappa shape index (κ3) is 1.65. The molecule has 2 N–H and O–H groups in total. The van der Waals surface area contributed by atoms with Crippen LogP contribution in [0.25, 0.3) is 0 Å². The lowest BCUT2D eigenvalue weighted by Crippen LogP contribution is -2.40. The number of carboxylic acid groups (broad SMARTS) is 1. The van der Waals surface area contributed by atoms with E-state index in [4.69, 9.17) is 5.11 Å². The van der Waals surface area contributed by atoms with Crippen molar-refractivity contribution in [3.8, 4) is 0 Å². The molecule has 0 radical (unpaired) electrons. The largest absolute Gasteiger partial charge is 0.480 e. The lowest BCUT2D eigenvalue weighted by Gasteiger charge is -2.23. The zero-order valence-electron chi connectivity index (χ0n) is 10.00. The normalized spacial score (nSPS) is 31.9. The van der Waals surface area contributed by atoms with Crippen molar-refractivity contribution >= 4 is 11.9 Å². The van der Waals surface area contributed by atoms with Crippen molar-refractivity contribution in [2.24, 2.45) is 10.8 Å². The molecule has 94 valence electrons. The van der Waals surface area contributed by atoms with Gasteiger partial charge in [0, 0.05) is 6.04 Å². The molecule has 0 heterocycles. The summed E-state index contributed by atoms with van der Waals surface area (Å²) in [7, 11) is 0. The Labute approximate surface area is 101 Å². The number of aliphatic carboxylic acids is 1. The Morgan fingerprint density at radius 3 is 2.24 bits per heavy atom. The highest BCUT2D eigenvalue weighted by Crippen LogP contribution is 2.57. The molecular weight excluding hydrogens is 218 g/mol. The second-order valence-electron chi connectivity index (χ2n) is 6.04. The molecule has 0 aliphatic heterocycles. The first kappa shape index (κ1) is 11.1. The highest BCUT2D eigenvalue weighted by atomic mass is 16.4. The van der Waals surface area contributed by atoms with E-state index in [0.717, 1.165) is 6.42 Å². The Kier molecular flexibility index (Phi) is 2.25. The zero-order chi connectivity index (χ0) is 12.1. The van der Waals surface area contributed by atoms with Crippen molar-refractivity contribution in [2.45, 2.75) is 57.4 Å². The molecule has 3 saturated carbocycles. The third-order valence-electron chi connectivity index (χ3n) is 4.94. The predicted octanol–water partition coefficient (Wildman–Crippen LogP) is 1.69. The fourth-order valence-electron chi connectivity index (χ4n) is 3.32. The Hall–Kier alpha value is -1.06. The highest BCUT2D eigenvalue weighted by Gasteiger charge is 2.61. The van der Waals surface area contributed by atoms with Crippen LogP contribution in [0.15, 0.2) is 0 Å². The summed E-state index contributed by atoms with van der Waals surface area (Å²) in [6.45, 7) is 0. The fourth-order valence-corrected chi connectivity index (χ4v) is 3.32. The summed E-state index contributed by atoms with van der Waals surface area (Å²) < 4.78 is 0. The second-order valence-corrected chi connectivity index (χ2v) is 6.04. The van der Waals surface area contributed by atoms with E-state index in [9.17, 15) is 9.59 Å². The van der Waals surface area contributed by atoms with Crippen LogP contribution in [0, 0.1) is 10.8 Å². The van der Waals surface area contributed by atoms with Gasteiger partial charge in [0.25, 0.3) is 0 Å². The molecule has 3 fully saturated rings. The van der Waals surface area contributed by atoms with Gasteiger partial charge in [0.1, 0.15) is 5.41 Å². The minimum absolute atomic E-state index is 0.238. The molecule has 3 aliphatic carbocycles. The van der Waals surface area contributed by atoms with Crippen molar-refractivity contribution < 1.29 is 14.7 Å². The van der Waals surface area contributed by atoms with Crippen LogP contribution in [0.1, 0.15) is 51.4 Å². The maximum atomic E-state index is 12.0. The molecule has 4 nitrogen and oxygen atoms in total. The first-order chi connectivity index (χ1) is 8.09. The molecule has 0 saturated heterocycles. The van der Waals surface area contributed by atoms with Gasteiger partial charge in [0.05, 0.1) is 0 Å². The number of carbonyl (C=O) groups excluding carboxylic acids is 1. The van der Waals surface area contributed by atoms with E-state index in [1.807, 2.05) is 0 Å². The number of hydrogen-bond acceptors (Lipinski definition) is 2. The molecule has 17 heavy (non-hydrogen) atoms. The van der Waals surface area contributed by atoms with E-state index in [1.54, 1.807) is 0 Å². The van der Waals surface area contributed by atoms with Crippen LogP contribution >= 0.6 is 0 Å². The summed E-state index contributed by atoms with van der Waals surface area (Å²) in [6.07, 6.45) is 8.32. The Bertz CT molecular complexity index is 367. The molecule has 1 spiro atoms. The van der Waals surface area contributed by atoms with Crippen LogP contribution < -0.4 is 5.32 Å². The van der Waals surface area contributed by atoms with E-state index in [-0.39, 0.29) is 11.9 Å². The third-order valence-corrected chi connectivity index (χ3v) is 4.94. The smallest absolute Gasteiger partial charge is 0.319 e. The van der Waals surface area contributed by atoms with Crippen LogP contribution in [0.5, 0.6) is 0 Å². The molecule has 0 aromatic carbocycles. The van der Waals surface area contributed by atoms with Gasteiger partial charge in [-0.2, -0.15) is 0 Å². The van der Waals surface area contributed by atoms with Crippen molar-refractivity contribution in [2.75, 3.05) is 0 Å². The number of nitrogens with one attached hydrogen (secondary N) is 1. The number of carbonyl (C=O) groups is 2. The molecule has 1 unspecified atom stereocenters. The van der Waals surface area contributed by atoms with Gasteiger partial charge < -0.3 is 10.4 Å². The summed E-state index contributed by atoms with van der Waals surface area (Å²) in [4.78, 5) is 23.0. The predicted molar refractivity (Wildman–Crippen MR) is 61.4 cm³/mol. The molecule has 0 aromatic heterocycles. The molecule has 4 heteroatoms. The van der Waals surface area contributed by atoms with Crippen molar-refractivity contribution in [3.05, 3.63) is 0 Å². The van der Waals surface area contributed by atoms with Crippen molar-refractivity contribution in [1.29, 1.82) is 0 Å². The average molecular weight is 237 g/mol. The molecule has 3 rings (SSSR count). The molecule has 1 amide bonds. The van der Waals surface area contributed by atoms with E-state index in [2.05, 4.69) is 5.32 Å². The van der Waals surface area contributed by atoms with Crippen LogP contribution in [-0.2, 0) is 9.59 Å². The SMILES string of the molecule is O=C(O)C1(C(=O)NC2CC23CCCCC3)CC1. The van der Waals surface area contributed by atoms with Crippen LogP contribution in [0.2, 0.25) is 0 Å². The number of amides is 1. The van der Waals surface area contributed by atoms with E-state index >= 15 is 0 Å². The van der Waals surface area contributed by atoms with Crippen molar-refractivity contribution in [1.82, 2.24) is 5.32 Å². The maximum absolute atomic E-state index is 12.0. The van der Waals surface area contributed by atoms with Gasteiger partial charge >= 0.3 is 5.97 Å². The van der Waals surface area contributed by atoms with Gasteiger partial charge in [-0.25, -0.2) is 0 Å². The van der Waals surface area contributed by atoms with Gasteiger partial charge in [-0.1, -0.05) is 19.3 Å². The number of rotatable bonds is 3. The zero-order valence-corrected chi connectivity index (χ0v) is 10.00. The van der Waals surface area contributed by atoms with Gasteiger partial charge in [-0.3, -0.25) is 9.59 Å². The van der Waals surface area contributed by atoms with E-state index in [0.29, 0.717) is 18.3 Å². The van der Waals surface area contributed by atoms with Gasteiger partial charge in [0.15, 0.2) is 0 Å². The summed E-state index contributed by atoms with van der Waals surface area (Å²) in [6, 6.07) is 0.257. The number of carboxylic acids is 1. The van der Waals surface area contributed by atoms with E-state index in [1.165, 1.54) is 32.1 Å². The minimum Gasteiger partial charge on any atom is -0.480 e.